The molecule has 1 N–H and O–H groups in total. The van der Waals surface area contributed by atoms with Gasteiger partial charge in [-0.3, -0.25) is 0 Å². The molecule has 0 aliphatic rings. The predicted octanol–water partition coefficient (Wildman–Crippen LogP) is 3.77. The summed E-state index contributed by atoms with van der Waals surface area (Å²) in [6.45, 7) is 6.98. The molecule has 25 heavy (non-hydrogen) atoms. The molecule has 0 spiro atoms. The summed E-state index contributed by atoms with van der Waals surface area (Å²) in [5.74, 6) is 0.640. The Balaban J connectivity index is 1.98. The van der Waals surface area contributed by atoms with E-state index in [2.05, 4.69) is 14.8 Å². The van der Waals surface area contributed by atoms with Crippen molar-refractivity contribution in [2.45, 2.75) is 33.9 Å². The molecule has 1 aromatic carbocycles. The molecule has 2 aromatic heterocycles. The summed E-state index contributed by atoms with van der Waals surface area (Å²) in [5, 5.41) is 7.24. The number of esters is 1. The molecule has 0 radical (unpaired) electrons. The lowest BCUT2D eigenvalue weighted by atomic mass is 10.1. The zero-order valence-electron chi connectivity index (χ0n) is 14.3. The van der Waals surface area contributed by atoms with Crippen LogP contribution in [0.2, 0.25) is 0 Å². The number of fused-ring (bicyclic) bond motifs is 1. The first-order valence-corrected chi connectivity index (χ1v) is 8.43. The molecule has 7 nitrogen and oxygen atoms in total. The lowest BCUT2D eigenvalue weighted by Gasteiger charge is -2.05. The van der Waals surface area contributed by atoms with Crippen molar-refractivity contribution >= 4 is 29.1 Å². The number of ether oxygens (including phenoxy) is 2. The molecule has 0 bridgehead atoms. The summed E-state index contributed by atoms with van der Waals surface area (Å²) in [5.41, 5.74) is 2.42. The van der Waals surface area contributed by atoms with Gasteiger partial charge >= 0.3 is 5.97 Å². The van der Waals surface area contributed by atoms with E-state index < -0.39 is 0 Å². The van der Waals surface area contributed by atoms with Gasteiger partial charge in [0.25, 0.3) is 10.7 Å². The zero-order chi connectivity index (χ0) is 18.0. The van der Waals surface area contributed by atoms with E-state index >= 15 is 0 Å². The van der Waals surface area contributed by atoms with E-state index in [1.807, 2.05) is 32.0 Å². The van der Waals surface area contributed by atoms with Crippen molar-refractivity contribution in [3.05, 3.63) is 40.2 Å². The number of aryl methyl sites for hydroxylation is 1. The minimum atomic E-state index is -0.326. The Bertz CT molecular complexity index is 970. The fourth-order valence-electron chi connectivity index (χ4n) is 2.89. The number of H-pyrrole nitrogens is 1. The van der Waals surface area contributed by atoms with E-state index in [9.17, 15) is 4.79 Å². The third kappa shape index (κ3) is 3.30. The second kappa shape index (κ2) is 7.10. The molecule has 0 aliphatic heterocycles. The standard InChI is InChI=1S/C17H19N3O4S/c1-4-20-10(3)15(16(21)22-5-2)12-8-11(6-7-13(12)20)23-9-14-18-19-17(25)24-14/h6-8H,4-5,9H2,1-3H3,(H,19,25). The van der Waals surface area contributed by atoms with Crippen LogP contribution in [0.4, 0.5) is 0 Å². The molecule has 3 rings (SSSR count). The van der Waals surface area contributed by atoms with Crippen LogP contribution < -0.4 is 4.74 Å². The Morgan fingerprint density at radius 3 is 2.84 bits per heavy atom. The third-order valence-electron chi connectivity index (χ3n) is 3.94. The average Bonchev–Trinajstić information content (AvgIpc) is 3.12. The highest BCUT2D eigenvalue weighted by molar-refractivity contribution is 7.71. The number of nitrogens with one attached hydrogen (secondary N) is 1. The number of aromatic nitrogens is 3. The summed E-state index contributed by atoms with van der Waals surface area (Å²) in [6, 6.07) is 5.62. The van der Waals surface area contributed by atoms with Gasteiger partial charge < -0.3 is 18.5 Å². The highest BCUT2D eigenvalue weighted by Gasteiger charge is 2.21. The van der Waals surface area contributed by atoms with Crippen LogP contribution in [0.3, 0.4) is 0 Å². The van der Waals surface area contributed by atoms with Crippen LogP contribution in [-0.2, 0) is 17.9 Å². The van der Waals surface area contributed by atoms with E-state index in [4.69, 9.17) is 26.1 Å². The second-order valence-electron chi connectivity index (χ2n) is 5.40. The Kier molecular flexibility index (Phi) is 4.89. The molecule has 0 aliphatic carbocycles. The maximum atomic E-state index is 12.4. The fraction of sp³-hybridized carbons (Fsp3) is 0.353. The van der Waals surface area contributed by atoms with E-state index in [1.165, 1.54) is 0 Å². The number of hydrogen-bond donors (Lipinski definition) is 1. The Hall–Kier alpha value is -2.61. The molecular formula is C17H19N3O4S. The third-order valence-corrected chi connectivity index (χ3v) is 4.11. The molecule has 0 saturated carbocycles. The van der Waals surface area contributed by atoms with Gasteiger partial charge in [-0.15, -0.1) is 5.10 Å². The fourth-order valence-corrected chi connectivity index (χ4v) is 3.03. The Labute approximate surface area is 149 Å². The quantitative estimate of drug-likeness (QED) is 0.532. The molecule has 132 valence electrons. The molecule has 0 fully saturated rings. The van der Waals surface area contributed by atoms with Crippen molar-refractivity contribution in [2.24, 2.45) is 0 Å². The molecule has 0 amide bonds. The van der Waals surface area contributed by atoms with Crippen LogP contribution in [-0.4, -0.2) is 27.3 Å². The molecule has 0 atom stereocenters. The Morgan fingerprint density at radius 2 is 2.20 bits per heavy atom. The van der Waals surface area contributed by atoms with Gasteiger partial charge in [0.1, 0.15) is 5.75 Å². The van der Waals surface area contributed by atoms with Gasteiger partial charge in [-0.25, -0.2) is 9.89 Å². The first kappa shape index (κ1) is 17.2. The minimum Gasteiger partial charge on any atom is -0.484 e. The highest BCUT2D eigenvalue weighted by atomic mass is 32.1. The largest absolute Gasteiger partial charge is 0.484 e. The zero-order valence-corrected chi connectivity index (χ0v) is 15.1. The molecular weight excluding hydrogens is 342 g/mol. The summed E-state index contributed by atoms with van der Waals surface area (Å²) < 4.78 is 18.2. The summed E-state index contributed by atoms with van der Waals surface area (Å²) in [4.78, 5) is 12.6. The van der Waals surface area contributed by atoms with Crippen molar-refractivity contribution in [1.29, 1.82) is 0 Å². The molecule has 2 heterocycles. The minimum absolute atomic E-state index is 0.140. The van der Waals surface area contributed by atoms with Crippen molar-refractivity contribution in [3.8, 4) is 5.75 Å². The summed E-state index contributed by atoms with van der Waals surface area (Å²) in [7, 11) is 0. The van der Waals surface area contributed by atoms with Crippen molar-refractivity contribution in [3.63, 3.8) is 0 Å². The highest BCUT2D eigenvalue weighted by Crippen LogP contribution is 2.30. The first-order valence-electron chi connectivity index (χ1n) is 8.02. The van der Waals surface area contributed by atoms with Gasteiger partial charge in [0, 0.05) is 23.1 Å². The maximum absolute atomic E-state index is 12.4. The number of rotatable bonds is 6. The summed E-state index contributed by atoms with van der Waals surface area (Å²) >= 11 is 4.83. The smallest absolute Gasteiger partial charge is 0.340 e. The average molecular weight is 361 g/mol. The summed E-state index contributed by atoms with van der Waals surface area (Å²) in [6.07, 6.45) is 0. The number of aromatic amines is 1. The lowest BCUT2D eigenvalue weighted by molar-refractivity contribution is 0.0527. The number of benzene rings is 1. The van der Waals surface area contributed by atoms with Crippen molar-refractivity contribution in [1.82, 2.24) is 14.8 Å². The molecule has 0 unspecified atom stereocenters. The Morgan fingerprint density at radius 1 is 1.40 bits per heavy atom. The van der Waals surface area contributed by atoms with Gasteiger partial charge in [-0.2, -0.15) is 0 Å². The van der Waals surface area contributed by atoms with E-state index in [1.54, 1.807) is 6.92 Å². The van der Waals surface area contributed by atoms with Gasteiger partial charge in [-0.1, -0.05) is 0 Å². The number of hydrogen-bond acceptors (Lipinski definition) is 6. The molecule has 0 saturated heterocycles. The lowest BCUT2D eigenvalue weighted by Crippen LogP contribution is -2.07. The van der Waals surface area contributed by atoms with Gasteiger partial charge in [0.2, 0.25) is 0 Å². The van der Waals surface area contributed by atoms with E-state index in [0.29, 0.717) is 23.8 Å². The first-order chi connectivity index (χ1) is 12.0. The molecule has 3 aromatic rings. The van der Waals surface area contributed by atoms with Crippen LogP contribution in [0.5, 0.6) is 5.75 Å². The van der Waals surface area contributed by atoms with Crippen LogP contribution in [0, 0.1) is 11.8 Å². The van der Waals surface area contributed by atoms with Crippen molar-refractivity contribution in [2.75, 3.05) is 6.61 Å². The van der Waals surface area contributed by atoms with Crippen LogP contribution in [0.25, 0.3) is 10.9 Å². The predicted molar refractivity (Wildman–Crippen MR) is 94.3 cm³/mol. The molecule has 8 heteroatoms. The van der Waals surface area contributed by atoms with E-state index in [0.717, 1.165) is 23.1 Å². The van der Waals surface area contributed by atoms with E-state index in [-0.39, 0.29) is 17.4 Å². The number of nitrogens with zero attached hydrogens (tertiary/aromatic N) is 2. The van der Waals surface area contributed by atoms with Crippen LogP contribution >= 0.6 is 12.2 Å². The van der Waals surface area contributed by atoms with Gasteiger partial charge in [-0.05, 0) is 51.2 Å². The normalized spacial score (nSPS) is 11.0. The van der Waals surface area contributed by atoms with Gasteiger partial charge in [0.15, 0.2) is 6.61 Å². The van der Waals surface area contributed by atoms with Crippen LogP contribution in [0.1, 0.15) is 35.8 Å². The maximum Gasteiger partial charge on any atom is 0.340 e. The van der Waals surface area contributed by atoms with Crippen LogP contribution in [0.15, 0.2) is 22.6 Å². The number of carbonyl (C=O) groups excluding carboxylic acids is 1. The van der Waals surface area contributed by atoms with Crippen molar-refractivity contribution < 1.29 is 18.7 Å². The second-order valence-corrected chi connectivity index (χ2v) is 5.77. The monoisotopic (exact) mass is 361 g/mol. The topological polar surface area (TPSA) is 82.3 Å². The van der Waals surface area contributed by atoms with Gasteiger partial charge in [0.05, 0.1) is 12.2 Å². The number of carbonyl (C=O) groups is 1. The SMILES string of the molecule is CCOC(=O)c1c(C)n(CC)c2ccc(OCc3n[nH]c(=S)o3)cc12.